The predicted molar refractivity (Wildman–Crippen MR) is 41.0 cm³/mol. The molecule has 2 nitrogen and oxygen atoms in total. The summed E-state index contributed by atoms with van der Waals surface area (Å²) in [7, 11) is -2.28. The van der Waals surface area contributed by atoms with Crippen LogP contribution in [0.2, 0.25) is 0 Å². The Balaban J connectivity index is 4.18. The molecule has 0 heterocycles. The number of hydrogen-bond acceptors (Lipinski definition) is 2. The highest BCUT2D eigenvalue weighted by atomic mass is 31.1. The fourth-order valence-corrected chi connectivity index (χ4v) is 1.13. The lowest BCUT2D eigenvalue weighted by atomic mass is 10.2. The molecule has 0 aromatic heterocycles. The van der Waals surface area contributed by atoms with Crippen LogP contribution in [0.1, 0.15) is 13.8 Å². The Morgan fingerprint density at radius 1 is 1.70 bits per heavy atom. The van der Waals surface area contributed by atoms with Crippen molar-refractivity contribution in [1.82, 2.24) is 0 Å². The Bertz CT molecular complexity index is 182. The smallest absolute Gasteiger partial charge is 0.313 e. The third kappa shape index (κ3) is 3.54. The molecule has 0 fully saturated rings. The fraction of sp³-hybridized carbons (Fsp3) is 0.429. The summed E-state index contributed by atoms with van der Waals surface area (Å²) in [6, 6.07) is 0. The second-order valence-corrected chi connectivity index (χ2v) is 3.14. The zero-order valence-corrected chi connectivity index (χ0v) is 7.15. The largest absolute Gasteiger partial charge is 0.595 e. The molecule has 1 atom stereocenters. The van der Waals surface area contributed by atoms with Gasteiger partial charge in [-0.05, 0) is 25.0 Å². The number of allylic oxidation sites excluding steroid dienone is 3. The molecule has 0 radical (unpaired) electrons. The summed E-state index contributed by atoms with van der Waals surface area (Å²) in [6.45, 7) is 7.18. The maximum atomic E-state index is 10.2. The molecule has 0 aliphatic rings. The lowest BCUT2D eigenvalue weighted by Crippen LogP contribution is -1.93. The molecule has 0 aromatic rings. The zero-order chi connectivity index (χ0) is 8.15. The SMILES string of the molecule is C=CC(C)=C(C)C[P+](=O)[O-]. The van der Waals surface area contributed by atoms with Crippen LogP contribution in [-0.2, 0) is 4.57 Å². The van der Waals surface area contributed by atoms with Crippen molar-refractivity contribution in [2.45, 2.75) is 13.8 Å². The van der Waals surface area contributed by atoms with E-state index in [0.717, 1.165) is 11.1 Å². The van der Waals surface area contributed by atoms with Crippen molar-refractivity contribution in [3.63, 3.8) is 0 Å². The highest BCUT2D eigenvalue weighted by molar-refractivity contribution is 7.36. The molecule has 56 valence electrons. The monoisotopic (exact) mass is 158 g/mol. The lowest BCUT2D eigenvalue weighted by molar-refractivity contribution is -0.163. The van der Waals surface area contributed by atoms with E-state index in [2.05, 4.69) is 6.58 Å². The Morgan fingerprint density at radius 2 is 2.20 bits per heavy atom. The normalized spacial score (nSPS) is 14.1. The molecule has 0 spiro atoms. The van der Waals surface area contributed by atoms with Crippen molar-refractivity contribution in [1.29, 1.82) is 0 Å². The molecule has 0 rings (SSSR count). The van der Waals surface area contributed by atoms with Gasteiger partial charge < -0.3 is 4.89 Å². The molecule has 0 aromatic carbocycles. The molecule has 0 bridgehead atoms. The van der Waals surface area contributed by atoms with E-state index in [-0.39, 0.29) is 6.16 Å². The van der Waals surface area contributed by atoms with Gasteiger partial charge in [-0.1, -0.05) is 17.2 Å². The van der Waals surface area contributed by atoms with Crippen LogP contribution in [-0.4, -0.2) is 6.16 Å². The van der Waals surface area contributed by atoms with Crippen LogP contribution in [0.25, 0.3) is 0 Å². The van der Waals surface area contributed by atoms with Gasteiger partial charge >= 0.3 is 8.03 Å². The number of hydrogen-bond donors (Lipinski definition) is 0. The lowest BCUT2D eigenvalue weighted by Gasteiger charge is -1.95. The predicted octanol–water partition coefficient (Wildman–Crippen LogP) is 1.61. The van der Waals surface area contributed by atoms with Crippen LogP contribution in [0.3, 0.4) is 0 Å². The first-order chi connectivity index (χ1) is 4.57. The first-order valence-electron chi connectivity index (χ1n) is 2.98. The summed E-state index contributed by atoms with van der Waals surface area (Å²) >= 11 is 0. The molecule has 0 amide bonds. The Hall–Kier alpha value is -0.460. The van der Waals surface area contributed by atoms with Crippen molar-refractivity contribution >= 4 is 8.03 Å². The van der Waals surface area contributed by atoms with Crippen LogP contribution in [0.5, 0.6) is 0 Å². The molecule has 1 unspecified atom stereocenters. The Kier molecular flexibility index (Phi) is 4.17. The second-order valence-electron chi connectivity index (χ2n) is 2.16. The van der Waals surface area contributed by atoms with E-state index < -0.39 is 8.03 Å². The van der Waals surface area contributed by atoms with Crippen LogP contribution >= 0.6 is 8.03 Å². The maximum absolute atomic E-state index is 10.2. The summed E-state index contributed by atoms with van der Waals surface area (Å²) < 4.78 is 10.2. The molecule has 10 heavy (non-hydrogen) atoms. The molecule has 3 heteroatoms. The molecule has 0 N–H and O–H groups in total. The van der Waals surface area contributed by atoms with Crippen molar-refractivity contribution in [3.05, 3.63) is 23.8 Å². The fourth-order valence-electron chi connectivity index (χ4n) is 0.493. The minimum Gasteiger partial charge on any atom is -0.595 e. The molecule has 0 saturated carbocycles. The summed E-state index contributed by atoms with van der Waals surface area (Å²) in [5.41, 5.74) is 1.81. The summed E-state index contributed by atoms with van der Waals surface area (Å²) in [5.74, 6) is 0. The van der Waals surface area contributed by atoms with Gasteiger partial charge in [-0.25, -0.2) is 0 Å². The van der Waals surface area contributed by atoms with Crippen LogP contribution in [0, 0.1) is 0 Å². The topological polar surface area (TPSA) is 40.1 Å². The maximum Gasteiger partial charge on any atom is 0.313 e. The first-order valence-corrected chi connectivity index (χ1v) is 4.34. The Morgan fingerprint density at radius 3 is 2.50 bits per heavy atom. The van der Waals surface area contributed by atoms with E-state index in [1.165, 1.54) is 0 Å². The third-order valence-corrected chi connectivity index (χ3v) is 2.08. The Labute approximate surface area is 62.1 Å². The van der Waals surface area contributed by atoms with Crippen molar-refractivity contribution < 1.29 is 9.46 Å². The van der Waals surface area contributed by atoms with E-state index in [1.807, 2.05) is 6.92 Å². The van der Waals surface area contributed by atoms with Gasteiger partial charge in [0.25, 0.3) is 0 Å². The molecule has 0 aliphatic carbocycles. The quantitative estimate of drug-likeness (QED) is 0.462. The van der Waals surface area contributed by atoms with Crippen LogP contribution < -0.4 is 4.89 Å². The summed E-state index contributed by atoms with van der Waals surface area (Å²) in [4.78, 5) is 10.2. The van der Waals surface area contributed by atoms with Gasteiger partial charge in [0.1, 0.15) is 0 Å². The minimum atomic E-state index is -2.28. The summed E-state index contributed by atoms with van der Waals surface area (Å²) in [5, 5.41) is 0. The second kappa shape index (κ2) is 4.37. The number of rotatable bonds is 3. The van der Waals surface area contributed by atoms with E-state index in [9.17, 15) is 9.46 Å². The van der Waals surface area contributed by atoms with Gasteiger partial charge in [0.2, 0.25) is 0 Å². The average molecular weight is 158 g/mol. The highest BCUT2D eigenvalue weighted by Gasteiger charge is 2.02. The van der Waals surface area contributed by atoms with Crippen molar-refractivity contribution in [2.24, 2.45) is 0 Å². The van der Waals surface area contributed by atoms with Gasteiger partial charge in [-0.15, -0.1) is 0 Å². The molecule has 0 saturated heterocycles. The molecular weight excluding hydrogens is 147 g/mol. The van der Waals surface area contributed by atoms with Crippen LogP contribution in [0.15, 0.2) is 23.8 Å². The van der Waals surface area contributed by atoms with Crippen molar-refractivity contribution in [3.8, 4) is 0 Å². The van der Waals surface area contributed by atoms with E-state index in [0.29, 0.717) is 0 Å². The standard InChI is InChI=1S/C7H11O2P/c1-4-6(2)7(3)5-10(8)9/h4H,1,5H2,2-3H3. The van der Waals surface area contributed by atoms with E-state index >= 15 is 0 Å². The minimum absolute atomic E-state index is 0.146. The average Bonchev–Trinajstić information content (AvgIpc) is 1.85. The van der Waals surface area contributed by atoms with Gasteiger partial charge in [0.05, 0.1) is 0 Å². The molecular formula is C7H11O2P. The van der Waals surface area contributed by atoms with Crippen molar-refractivity contribution in [2.75, 3.05) is 6.16 Å². The first kappa shape index (κ1) is 9.54. The van der Waals surface area contributed by atoms with Gasteiger partial charge in [0.15, 0.2) is 6.16 Å². The van der Waals surface area contributed by atoms with E-state index in [4.69, 9.17) is 0 Å². The third-order valence-electron chi connectivity index (χ3n) is 1.35. The summed E-state index contributed by atoms with van der Waals surface area (Å²) in [6.07, 6.45) is 1.81. The zero-order valence-electron chi connectivity index (χ0n) is 6.26. The van der Waals surface area contributed by atoms with Crippen LogP contribution in [0.4, 0.5) is 0 Å². The van der Waals surface area contributed by atoms with Gasteiger partial charge in [0, 0.05) is 0 Å². The van der Waals surface area contributed by atoms with E-state index in [1.54, 1.807) is 13.0 Å². The van der Waals surface area contributed by atoms with Gasteiger partial charge in [-0.3, -0.25) is 0 Å². The highest BCUT2D eigenvalue weighted by Crippen LogP contribution is 2.15. The van der Waals surface area contributed by atoms with Gasteiger partial charge in [-0.2, -0.15) is 0 Å². The molecule has 0 aliphatic heterocycles.